The number of anilines is 1. The topological polar surface area (TPSA) is 64.4 Å². The summed E-state index contributed by atoms with van der Waals surface area (Å²) in [5, 5.41) is 8.87. The summed E-state index contributed by atoms with van der Waals surface area (Å²) in [5.41, 5.74) is 0.830. The molecule has 1 aromatic carbocycles. The van der Waals surface area contributed by atoms with Gasteiger partial charge in [-0.3, -0.25) is 9.59 Å². The van der Waals surface area contributed by atoms with Crippen molar-refractivity contribution in [2.24, 2.45) is 5.92 Å². The summed E-state index contributed by atoms with van der Waals surface area (Å²) < 4.78 is 0. The third-order valence-electron chi connectivity index (χ3n) is 4.05. The molecule has 0 radical (unpaired) electrons. The number of carbonyl (C=O) groups is 2. The highest BCUT2D eigenvalue weighted by atomic mass is 16.2. The first-order valence-electron chi connectivity index (χ1n) is 7.23. The molecule has 1 heterocycles. The van der Waals surface area contributed by atoms with Gasteiger partial charge < -0.3 is 9.80 Å². The molecule has 5 heteroatoms. The van der Waals surface area contributed by atoms with E-state index in [2.05, 4.69) is 6.07 Å². The van der Waals surface area contributed by atoms with Crippen LogP contribution in [0.2, 0.25) is 0 Å². The van der Waals surface area contributed by atoms with Gasteiger partial charge in [0.25, 0.3) is 0 Å². The number of benzene rings is 1. The Morgan fingerprint density at radius 3 is 2.67 bits per heavy atom. The van der Waals surface area contributed by atoms with E-state index in [1.807, 2.05) is 30.3 Å². The molecule has 21 heavy (non-hydrogen) atoms. The molecule has 1 aliphatic heterocycles. The highest BCUT2D eigenvalue weighted by Crippen LogP contribution is 2.31. The van der Waals surface area contributed by atoms with E-state index in [1.54, 1.807) is 9.80 Å². The molecule has 5 nitrogen and oxygen atoms in total. The van der Waals surface area contributed by atoms with E-state index in [-0.39, 0.29) is 36.7 Å². The Hall–Kier alpha value is -2.35. The third kappa shape index (κ3) is 2.75. The van der Waals surface area contributed by atoms with E-state index < -0.39 is 0 Å². The predicted molar refractivity (Wildman–Crippen MR) is 77.3 cm³/mol. The number of rotatable bonds is 4. The highest BCUT2D eigenvalue weighted by molar-refractivity contribution is 6.00. The fourth-order valence-electron chi connectivity index (χ4n) is 2.81. The Bertz CT molecular complexity index is 589. The van der Waals surface area contributed by atoms with Crippen LogP contribution in [-0.4, -0.2) is 35.8 Å². The lowest BCUT2D eigenvalue weighted by molar-refractivity contribution is -0.135. The van der Waals surface area contributed by atoms with E-state index in [0.29, 0.717) is 6.54 Å². The lowest BCUT2D eigenvalue weighted by Crippen LogP contribution is -2.39. The van der Waals surface area contributed by atoms with E-state index >= 15 is 0 Å². The zero-order chi connectivity index (χ0) is 14.8. The van der Waals surface area contributed by atoms with Gasteiger partial charge in [-0.05, 0) is 25.0 Å². The van der Waals surface area contributed by atoms with Crippen LogP contribution in [0.5, 0.6) is 0 Å². The van der Waals surface area contributed by atoms with Gasteiger partial charge in [0.15, 0.2) is 0 Å². The zero-order valence-corrected chi connectivity index (χ0v) is 11.7. The quantitative estimate of drug-likeness (QED) is 0.788. The monoisotopic (exact) mass is 283 g/mol. The summed E-state index contributed by atoms with van der Waals surface area (Å²) in [6, 6.07) is 11.7. The molecule has 0 aromatic heterocycles. The van der Waals surface area contributed by atoms with E-state index in [0.717, 1.165) is 18.5 Å². The Morgan fingerprint density at radius 1 is 1.33 bits per heavy atom. The van der Waals surface area contributed by atoms with Gasteiger partial charge in [0.05, 0.1) is 12.0 Å². The van der Waals surface area contributed by atoms with Crippen LogP contribution in [0, 0.1) is 17.2 Å². The van der Waals surface area contributed by atoms with Crippen molar-refractivity contribution < 1.29 is 9.59 Å². The third-order valence-corrected chi connectivity index (χ3v) is 4.05. The first-order chi connectivity index (χ1) is 10.2. The lowest BCUT2D eigenvalue weighted by atomic mass is 10.1. The minimum absolute atomic E-state index is 0.0211. The fraction of sp³-hybridized carbons (Fsp3) is 0.438. The molecular formula is C16H17N3O2. The number of para-hydroxylation sites is 1. The Kier molecular flexibility index (Phi) is 3.61. The smallest absolute Gasteiger partial charge is 0.229 e. The van der Waals surface area contributed by atoms with Crippen LogP contribution < -0.4 is 4.90 Å². The number of hydrogen-bond acceptors (Lipinski definition) is 3. The van der Waals surface area contributed by atoms with Gasteiger partial charge in [-0.25, -0.2) is 0 Å². The molecule has 1 saturated carbocycles. The molecule has 1 atom stereocenters. The van der Waals surface area contributed by atoms with Crippen LogP contribution in [0.15, 0.2) is 30.3 Å². The molecule has 0 spiro atoms. The van der Waals surface area contributed by atoms with Crippen LogP contribution in [-0.2, 0) is 9.59 Å². The second kappa shape index (κ2) is 5.57. The second-order valence-electron chi connectivity index (χ2n) is 5.60. The van der Waals surface area contributed by atoms with Crippen molar-refractivity contribution >= 4 is 17.5 Å². The maximum atomic E-state index is 12.5. The maximum Gasteiger partial charge on any atom is 0.229 e. The van der Waals surface area contributed by atoms with Crippen LogP contribution in [0.3, 0.4) is 0 Å². The molecule has 2 amide bonds. The van der Waals surface area contributed by atoms with Crippen LogP contribution in [0.4, 0.5) is 5.69 Å². The molecule has 1 aliphatic carbocycles. The maximum absolute atomic E-state index is 12.5. The van der Waals surface area contributed by atoms with Crippen molar-refractivity contribution in [3.8, 4) is 6.07 Å². The Balaban J connectivity index is 1.72. The number of hydrogen-bond donors (Lipinski definition) is 0. The van der Waals surface area contributed by atoms with Gasteiger partial charge in [-0.1, -0.05) is 18.2 Å². The van der Waals surface area contributed by atoms with Gasteiger partial charge in [0.2, 0.25) is 11.8 Å². The zero-order valence-electron chi connectivity index (χ0n) is 11.7. The fourth-order valence-corrected chi connectivity index (χ4v) is 2.81. The molecule has 108 valence electrons. The van der Waals surface area contributed by atoms with E-state index in [4.69, 9.17) is 5.26 Å². The summed E-state index contributed by atoms with van der Waals surface area (Å²) in [5.74, 6) is -0.398. The Labute approximate surface area is 123 Å². The van der Waals surface area contributed by atoms with Crippen molar-refractivity contribution in [3.05, 3.63) is 30.3 Å². The van der Waals surface area contributed by atoms with Crippen LogP contribution in [0.25, 0.3) is 0 Å². The van der Waals surface area contributed by atoms with Crippen LogP contribution >= 0.6 is 0 Å². The number of amides is 2. The summed E-state index contributed by atoms with van der Waals surface area (Å²) in [6.45, 7) is 0.538. The van der Waals surface area contributed by atoms with Crippen molar-refractivity contribution in [2.75, 3.05) is 18.0 Å². The van der Waals surface area contributed by atoms with Gasteiger partial charge >= 0.3 is 0 Å². The minimum atomic E-state index is -0.327. The standard InChI is InChI=1S/C16H17N3O2/c17-8-9-18(14-6-7-14)16(21)12-10-15(20)19(11-12)13-4-2-1-3-5-13/h1-5,12,14H,6-7,9-11H2. The van der Waals surface area contributed by atoms with Gasteiger partial charge in [-0.2, -0.15) is 5.26 Å². The van der Waals surface area contributed by atoms with E-state index in [9.17, 15) is 9.59 Å². The normalized spacial score (nSPS) is 21.2. The number of nitriles is 1. The molecule has 1 unspecified atom stereocenters. The van der Waals surface area contributed by atoms with Crippen molar-refractivity contribution in [1.82, 2.24) is 4.90 Å². The predicted octanol–water partition coefficient (Wildman–Crippen LogP) is 1.55. The Morgan fingerprint density at radius 2 is 2.05 bits per heavy atom. The van der Waals surface area contributed by atoms with Gasteiger partial charge in [0.1, 0.15) is 6.54 Å². The SMILES string of the molecule is N#CCN(C(=O)C1CC(=O)N(c2ccccc2)C1)C1CC1. The van der Waals surface area contributed by atoms with Crippen molar-refractivity contribution in [2.45, 2.75) is 25.3 Å². The molecule has 0 bridgehead atoms. The molecule has 1 aromatic rings. The molecule has 3 rings (SSSR count). The lowest BCUT2D eigenvalue weighted by Gasteiger charge is -2.23. The molecule has 2 fully saturated rings. The molecule has 1 saturated heterocycles. The molecule has 0 N–H and O–H groups in total. The minimum Gasteiger partial charge on any atom is -0.326 e. The van der Waals surface area contributed by atoms with Crippen molar-refractivity contribution in [3.63, 3.8) is 0 Å². The summed E-state index contributed by atoms with van der Waals surface area (Å²) in [4.78, 5) is 28.0. The van der Waals surface area contributed by atoms with Gasteiger partial charge in [-0.15, -0.1) is 0 Å². The molecular weight excluding hydrogens is 266 g/mol. The first kappa shape index (κ1) is 13.6. The second-order valence-corrected chi connectivity index (χ2v) is 5.60. The summed E-state index contributed by atoms with van der Waals surface area (Å²) in [7, 11) is 0. The van der Waals surface area contributed by atoms with E-state index in [1.165, 1.54) is 0 Å². The number of nitrogens with zero attached hydrogens (tertiary/aromatic N) is 3. The highest BCUT2D eigenvalue weighted by Gasteiger charge is 2.41. The van der Waals surface area contributed by atoms with Gasteiger partial charge in [0, 0.05) is 24.7 Å². The first-order valence-corrected chi connectivity index (χ1v) is 7.23. The summed E-state index contributed by atoms with van der Waals surface area (Å²) in [6.07, 6.45) is 2.18. The molecule has 2 aliphatic rings. The summed E-state index contributed by atoms with van der Waals surface area (Å²) >= 11 is 0. The van der Waals surface area contributed by atoms with Crippen molar-refractivity contribution in [1.29, 1.82) is 5.26 Å². The average molecular weight is 283 g/mol. The average Bonchev–Trinajstić information content (AvgIpc) is 3.27. The van der Waals surface area contributed by atoms with Crippen LogP contribution in [0.1, 0.15) is 19.3 Å². The largest absolute Gasteiger partial charge is 0.326 e. The number of carbonyl (C=O) groups excluding carboxylic acids is 2.